The molecule has 0 amide bonds. The highest BCUT2D eigenvalue weighted by Crippen LogP contribution is 2.58. The molecular weight excluding hydrogens is 304 g/mol. The first-order valence-corrected chi connectivity index (χ1v) is 9.36. The van der Waals surface area contributed by atoms with Crippen LogP contribution >= 0.6 is 0 Å². The Morgan fingerprint density at radius 1 is 1.00 bits per heavy atom. The monoisotopic (exact) mass is 340 g/mol. The van der Waals surface area contributed by atoms with Crippen molar-refractivity contribution in [2.75, 3.05) is 0 Å². The van der Waals surface area contributed by atoms with Gasteiger partial charge in [-0.3, -0.25) is 9.59 Å². The van der Waals surface area contributed by atoms with Crippen LogP contribution in [0.5, 0.6) is 0 Å². The Labute approximate surface area is 147 Å². The molecule has 0 aromatic heterocycles. The Morgan fingerprint density at radius 2 is 1.54 bits per heavy atom. The van der Waals surface area contributed by atoms with Gasteiger partial charge in [0.25, 0.3) is 0 Å². The minimum absolute atomic E-state index is 0.190. The van der Waals surface area contributed by atoms with E-state index in [4.69, 9.17) is 0 Å². The van der Waals surface area contributed by atoms with Crippen LogP contribution in [0, 0.1) is 28.1 Å². The van der Waals surface area contributed by atoms with Crippen molar-refractivity contribution < 1.29 is 19.8 Å². The molecule has 2 N–H and O–H groups in total. The Morgan fingerprint density at radius 3 is 1.96 bits per heavy atom. The zero-order valence-electron chi connectivity index (χ0n) is 16.3. The first-order chi connectivity index (χ1) is 10.9. The number of hydrogen-bond donors (Lipinski definition) is 2. The van der Waals surface area contributed by atoms with Gasteiger partial charge in [0.1, 0.15) is 0 Å². The summed E-state index contributed by atoms with van der Waals surface area (Å²) in [5.74, 6) is -1.64. The van der Waals surface area contributed by atoms with E-state index in [1.54, 1.807) is 0 Å². The third-order valence-corrected chi connectivity index (χ3v) is 6.08. The molecule has 24 heavy (non-hydrogen) atoms. The summed E-state index contributed by atoms with van der Waals surface area (Å²) in [7, 11) is 0. The molecular formula is C20H36O4. The molecule has 0 aliphatic heterocycles. The normalized spacial score (nSPS) is 29.5. The quantitative estimate of drug-likeness (QED) is 0.667. The van der Waals surface area contributed by atoms with E-state index in [-0.39, 0.29) is 11.3 Å². The van der Waals surface area contributed by atoms with Crippen molar-refractivity contribution in [2.24, 2.45) is 28.1 Å². The van der Waals surface area contributed by atoms with Crippen LogP contribution in [0.1, 0.15) is 86.5 Å². The molecule has 0 saturated heterocycles. The van der Waals surface area contributed by atoms with Crippen LogP contribution in [0.25, 0.3) is 0 Å². The first-order valence-electron chi connectivity index (χ1n) is 9.36. The van der Waals surface area contributed by atoms with Crippen molar-refractivity contribution in [3.63, 3.8) is 0 Å². The van der Waals surface area contributed by atoms with Crippen molar-refractivity contribution in [3.8, 4) is 0 Å². The van der Waals surface area contributed by atoms with Crippen LogP contribution in [-0.4, -0.2) is 22.2 Å². The maximum Gasteiger partial charge on any atom is 0.311 e. The summed E-state index contributed by atoms with van der Waals surface area (Å²) in [6, 6.07) is 0. The topological polar surface area (TPSA) is 74.6 Å². The molecule has 0 spiro atoms. The Kier molecular flexibility index (Phi) is 6.51. The standard InChI is InChI=1S/C20H36O4/c1-14(2)20(17(23)24)11-8-7-10-19(20,16(21)22)12-9-15(3)13-18(4,5)6/h14-15H,7-13H2,1-6H3,(H,21,22)(H,23,24). The molecule has 0 aromatic carbocycles. The van der Waals surface area contributed by atoms with Gasteiger partial charge in [0.2, 0.25) is 0 Å². The fourth-order valence-electron chi connectivity index (χ4n) is 5.09. The summed E-state index contributed by atoms with van der Waals surface area (Å²) in [6.07, 6.45) is 4.81. The van der Waals surface area contributed by atoms with Gasteiger partial charge in [-0.05, 0) is 49.4 Å². The summed E-state index contributed by atoms with van der Waals surface area (Å²) in [5.41, 5.74) is -2.10. The molecule has 3 unspecified atom stereocenters. The second-order valence-corrected chi connectivity index (χ2v) is 9.43. The molecule has 4 nitrogen and oxygen atoms in total. The van der Waals surface area contributed by atoms with Gasteiger partial charge in [0.15, 0.2) is 0 Å². The lowest BCUT2D eigenvalue weighted by Crippen LogP contribution is -2.57. The van der Waals surface area contributed by atoms with Gasteiger partial charge in [-0.25, -0.2) is 0 Å². The van der Waals surface area contributed by atoms with E-state index in [1.165, 1.54) is 0 Å². The lowest BCUT2D eigenvalue weighted by Gasteiger charge is -2.51. The minimum atomic E-state index is -1.15. The number of aliphatic carboxylic acids is 2. The van der Waals surface area contributed by atoms with Gasteiger partial charge < -0.3 is 10.2 Å². The largest absolute Gasteiger partial charge is 0.481 e. The molecule has 4 heteroatoms. The molecule has 0 heterocycles. The van der Waals surface area contributed by atoms with E-state index in [0.717, 1.165) is 25.7 Å². The minimum Gasteiger partial charge on any atom is -0.481 e. The van der Waals surface area contributed by atoms with E-state index >= 15 is 0 Å². The number of carboxylic acid groups (broad SMARTS) is 2. The van der Waals surface area contributed by atoms with E-state index in [1.807, 2.05) is 13.8 Å². The van der Waals surface area contributed by atoms with Crippen LogP contribution in [0.3, 0.4) is 0 Å². The molecule has 1 fully saturated rings. The second kappa shape index (κ2) is 7.45. The maximum atomic E-state index is 12.3. The zero-order chi connectivity index (χ0) is 18.8. The average molecular weight is 341 g/mol. The Hall–Kier alpha value is -1.06. The molecule has 0 aromatic rings. The van der Waals surface area contributed by atoms with Gasteiger partial charge in [-0.15, -0.1) is 0 Å². The molecule has 3 atom stereocenters. The summed E-state index contributed by atoms with van der Waals surface area (Å²) in [4.78, 5) is 24.6. The van der Waals surface area contributed by atoms with Crippen LogP contribution in [0.15, 0.2) is 0 Å². The fraction of sp³-hybridized carbons (Fsp3) is 0.900. The molecule has 1 rings (SSSR count). The third-order valence-electron chi connectivity index (χ3n) is 6.08. The van der Waals surface area contributed by atoms with Gasteiger partial charge in [-0.2, -0.15) is 0 Å². The SMILES string of the molecule is CC(CCC1(C(=O)O)CCCCC1(C(=O)O)C(C)C)CC(C)(C)C. The number of rotatable bonds is 7. The van der Waals surface area contributed by atoms with Crippen molar-refractivity contribution in [2.45, 2.75) is 86.5 Å². The number of carbonyl (C=O) groups is 2. The predicted molar refractivity (Wildman–Crippen MR) is 95.9 cm³/mol. The third kappa shape index (κ3) is 3.94. The average Bonchev–Trinajstić information content (AvgIpc) is 2.42. The summed E-state index contributed by atoms with van der Waals surface area (Å²) in [6.45, 7) is 12.5. The van der Waals surface area contributed by atoms with Gasteiger partial charge >= 0.3 is 11.9 Å². The van der Waals surface area contributed by atoms with Crippen LogP contribution in [-0.2, 0) is 9.59 Å². The van der Waals surface area contributed by atoms with E-state index < -0.39 is 22.8 Å². The molecule has 1 aliphatic carbocycles. The highest BCUT2D eigenvalue weighted by atomic mass is 16.4. The van der Waals surface area contributed by atoms with Gasteiger partial charge in [0, 0.05) is 0 Å². The fourth-order valence-corrected chi connectivity index (χ4v) is 5.09. The van der Waals surface area contributed by atoms with Crippen LogP contribution in [0.4, 0.5) is 0 Å². The lowest BCUT2D eigenvalue weighted by atomic mass is 9.49. The molecule has 1 saturated carbocycles. The number of hydrogen-bond acceptors (Lipinski definition) is 2. The molecule has 1 aliphatic rings. The van der Waals surface area contributed by atoms with Crippen molar-refractivity contribution in [1.29, 1.82) is 0 Å². The van der Waals surface area contributed by atoms with Crippen molar-refractivity contribution in [3.05, 3.63) is 0 Å². The molecule has 140 valence electrons. The van der Waals surface area contributed by atoms with Gasteiger partial charge in [-0.1, -0.05) is 54.4 Å². The summed E-state index contributed by atoms with van der Waals surface area (Å²) >= 11 is 0. The Balaban J connectivity index is 3.16. The lowest BCUT2D eigenvalue weighted by molar-refractivity contribution is -0.187. The number of carboxylic acids is 2. The molecule has 0 radical (unpaired) electrons. The van der Waals surface area contributed by atoms with Crippen molar-refractivity contribution in [1.82, 2.24) is 0 Å². The zero-order valence-corrected chi connectivity index (χ0v) is 16.3. The maximum absolute atomic E-state index is 12.3. The van der Waals surface area contributed by atoms with E-state index in [0.29, 0.717) is 25.2 Å². The Bertz CT molecular complexity index is 463. The van der Waals surface area contributed by atoms with Crippen LogP contribution in [0.2, 0.25) is 0 Å². The van der Waals surface area contributed by atoms with E-state index in [9.17, 15) is 19.8 Å². The van der Waals surface area contributed by atoms with Crippen LogP contribution < -0.4 is 0 Å². The van der Waals surface area contributed by atoms with E-state index in [2.05, 4.69) is 27.7 Å². The smallest absolute Gasteiger partial charge is 0.311 e. The highest BCUT2D eigenvalue weighted by molar-refractivity contribution is 5.87. The van der Waals surface area contributed by atoms with Gasteiger partial charge in [0.05, 0.1) is 10.8 Å². The second-order valence-electron chi connectivity index (χ2n) is 9.43. The summed E-state index contributed by atoms with van der Waals surface area (Å²) in [5, 5.41) is 20.1. The van der Waals surface area contributed by atoms with Crippen molar-refractivity contribution >= 4 is 11.9 Å². The highest BCUT2D eigenvalue weighted by Gasteiger charge is 2.63. The predicted octanol–water partition coefficient (Wildman–Crippen LogP) is 5.21. The summed E-state index contributed by atoms with van der Waals surface area (Å²) < 4.78 is 0. The first kappa shape index (κ1) is 21.0. The molecule has 0 bridgehead atoms.